The summed E-state index contributed by atoms with van der Waals surface area (Å²) >= 11 is 1.44. The molecule has 0 aliphatic heterocycles. The van der Waals surface area contributed by atoms with E-state index >= 15 is 0 Å². The Kier molecular flexibility index (Phi) is 7.67. The number of benzene rings is 2. The van der Waals surface area contributed by atoms with E-state index in [0.29, 0.717) is 41.5 Å². The zero-order valence-corrected chi connectivity index (χ0v) is 18.6. The Balaban J connectivity index is 1.76. The van der Waals surface area contributed by atoms with Crippen LogP contribution in [-0.4, -0.2) is 25.0 Å². The molecule has 2 aromatic carbocycles. The fourth-order valence-electron chi connectivity index (χ4n) is 3.07. The Morgan fingerprint density at radius 1 is 0.968 bits per heavy atom. The van der Waals surface area contributed by atoms with E-state index in [1.165, 1.54) is 11.3 Å². The summed E-state index contributed by atoms with van der Waals surface area (Å²) in [6, 6.07) is 14.1. The molecule has 0 bridgehead atoms. The van der Waals surface area contributed by atoms with Crippen molar-refractivity contribution in [2.24, 2.45) is 0 Å². The van der Waals surface area contributed by atoms with Crippen LogP contribution in [0.15, 0.2) is 59.3 Å². The topological polar surface area (TPSA) is 76.7 Å². The molecule has 3 aromatic rings. The summed E-state index contributed by atoms with van der Waals surface area (Å²) in [5.74, 6) is 0.794. The number of carbonyl (C=O) groups excluding carboxylic acids is 2. The van der Waals surface area contributed by atoms with Crippen LogP contribution >= 0.6 is 11.3 Å². The average Bonchev–Trinajstić information content (AvgIpc) is 3.31. The van der Waals surface area contributed by atoms with Crippen molar-refractivity contribution in [3.63, 3.8) is 0 Å². The number of hydrogen-bond acceptors (Lipinski definition) is 5. The molecular formula is C24H26N2O4S. The first kappa shape index (κ1) is 22.4. The van der Waals surface area contributed by atoms with E-state index in [9.17, 15) is 9.59 Å². The van der Waals surface area contributed by atoms with Crippen molar-refractivity contribution in [3.8, 4) is 11.5 Å². The standard InChI is InChI=1S/C24H26N2O4S/c1-4-29-21-11-10-17(14-22(21)30-5-2)16(3)25-24(28)19-8-6-7-9-20(19)26-23(27)18-12-13-31-15-18/h6-16H,4-5H2,1-3H3,(H,25,28)(H,26,27). The summed E-state index contributed by atoms with van der Waals surface area (Å²) < 4.78 is 11.3. The minimum absolute atomic E-state index is 0.248. The van der Waals surface area contributed by atoms with Crippen LogP contribution in [0.3, 0.4) is 0 Å². The van der Waals surface area contributed by atoms with Crippen LogP contribution in [0.2, 0.25) is 0 Å². The van der Waals surface area contributed by atoms with E-state index in [4.69, 9.17) is 9.47 Å². The molecule has 7 heteroatoms. The largest absolute Gasteiger partial charge is 0.490 e. The van der Waals surface area contributed by atoms with Crippen molar-refractivity contribution >= 4 is 28.8 Å². The van der Waals surface area contributed by atoms with Crippen molar-refractivity contribution in [3.05, 3.63) is 76.0 Å². The molecule has 0 saturated heterocycles. The molecule has 1 unspecified atom stereocenters. The van der Waals surface area contributed by atoms with E-state index in [0.717, 1.165) is 5.56 Å². The monoisotopic (exact) mass is 438 g/mol. The van der Waals surface area contributed by atoms with Crippen LogP contribution in [-0.2, 0) is 0 Å². The third-order valence-corrected chi connectivity index (χ3v) is 5.30. The van der Waals surface area contributed by atoms with Crippen LogP contribution in [0.1, 0.15) is 53.1 Å². The van der Waals surface area contributed by atoms with Gasteiger partial charge in [0.15, 0.2) is 11.5 Å². The van der Waals surface area contributed by atoms with Gasteiger partial charge in [-0.05, 0) is 62.0 Å². The third kappa shape index (κ3) is 5.64. The van der Waals surface area contributed by atoms with E-state index in [-0.39, 0.29) is 17.9 Å². The van der Waals surface area contributed by atoms with Crippen molar-refractivity contribution in [1.29, 1.82) is 0 Å². The molecule has 0 fully saturated rings. The number of amides is 2. The summed E-state index contributed by atoms with van der Waals surface area (Å²) in [4.78, 5) is 25.4. The maximum atomic E-state index is 13.0. The number of ether oxygens (including phenoxy) is 2. The fourth-order valence-corrected chi connectivity index (χ4v) is 3.71. The molecule has 1 heterocycles. The lowest BCUT2D eigenvalue weighted by atomic mass is 10.1. The van der Waals surface area contributed by atoms with Crippen LogP contribution in [0.25, 0.3) is 0 Å². The molecule has 1 atom stereocenters. The molecule has 2 N–H and O–H groups in total. The first-order chi connectivity index (χ1) is 15.0. The highest BCUT2D eigenvalue weighted by atomic mass is 32.1. The molecule has 0 aliphatic carbocycles. The molecule has 2 amide bonds. The van der Waals surface area contributed by atoms with Gasteiger partial charge in [-0.25, -0.2) is 0 Å². The van der Waals surface area contributed by atoms with Crippen LogP contribution in [0, 0.1) is 0 Å². The highest BCUT2D eigenvalue weighted by Gasteiger charge is 2.18. The second-order valence-electron chi connectivity index (χ2n) is 6.78. The SMILES string of the molecule is CCOc1ccc(C(C)NC(=O)c2ccccc2NC(=O)c2ccsc2)cc1OCC. The van der Waals surface area contributed by atoms with Gasteiger partial charge in [0.2, 0.25) is 0 Å². The van der Waals surface area contributed by atoms with Crippen LogP contribution < -0.4 is 20.1 Å². The van der Waals surface area contributed by atoms with Gasteiger partial charge in [-0.3, -0.25) is 9.59 Å². The average molecular weight is 439 g/mol. The Morgan fingerprint density at radius 2 is 1.71 bits per heavy atom. The van der Waals surface area contributed by atoms with Gasteiger partial charge in [-0.2, -0.15) is 11.3 Å². The van der Waals surface area contributed by atoms with Crippen molar-refractivity contribution < 1.29 is 19.1 Å². The normalized spacial score (nSPS) is 11.5. The minimum Gasteiger partial charge on any atom is -0.490 e. The Hall–Kier alpha value is -3.32. The van der Waals surface area contributed by atoms with E-state index in [1.54, 1.807) is 35.7 Å². The number of para-hydroxylation sites is 1. The summed E-state index contributed by atoms with van der Waals surface area (Å²) in [7, 11) is 0. The summed E-state index contributed by atoms with van der Waals surface area (Å²) in [5.41, 5.74) is 2.31. The maximum absolute atomic E-state index is 13.0. The molecule has 0 saturated carbocycles. The summed E-state index contributed by atoms with van der Waals surface area (Å²) in [5, 5.41) is 9.42. The lowest BCUT2D eigenvalue weighted by Crippen LogP contribution is -2.28. The smallest absolute Gasteiger partial charge is 0.256 e. The molecule has 0 aliphatic rings. The summed E-state index contributed by atoms with van der Waals surface area (Å²) in [6.07, 6.45) is 0. The Morgan fingerprint density at radius 3 is 2.42 bits per heavy atom. The molecule has 6 nitrogen and oxygen atoms in total. The highest BCUT2D eigenvalue weighted by Crippen LogP contribution is 2.31. The van der Waals surface area contributed by atoms with Crippen molar-refractivity contribution in [2.45, 2.75) is 26.8 Å². The highest BCUT2D eigenvalue weighted by molar-refractivity contribution is 7.08. The van der Waals surface area contributed by atoms with Crippen LogP contribution in [0.5, 0.6) is 11.5 Å². The quantitative estimate of drug-likeness (QED) is 0.476. The Bertz CT molecular complexity index is 1030. The predicted molar refractivity (Wildman–Crippen MR) is 123 cm³/mol. The van der Waals surface area contributed by atoms with Crippen LogP contribution in [0.4, 0.5) is 5.69 Å². The molecule has 162 valence electrons. The number of rotatable bonds is 9. The number of thiophene rings is 1. The van der Waals surface area contributed by atoms with Gasteiger partial charge in [0.1, 0.15) is 0 Å². The molecule has 1 aromatic heterocycles. The molecule has 0 spiro atoms. The van der Waals surface area contributed by atoms with Gasteiger partial charge in [0.05, 0.1) is 36.1 Å². The van der Waals surface area contributed by atoms with Gasteiger partial charge in [-0.15, -0.1) is 0 Å². The number of anilines is 1. The van der Waals surface area contributed by atoms with Gasteiger partial charge in [-0.1, -0.05) is 18.2 Å². The lowest BCUT2D eigenvalue weighted by Gasteiger charge is -2.18. The fraction of sp³-hybridized carbons (Fsp3) is 0.250. The Labute approximate surface area is 186 Å². The predicted octanol–water partition coefficient (Wildman–Crippen LogP) is 5.29. The molecule has 3 rings (SSSR count). The second kappa shape index (κ2) is 10.6. The minimum atomic E-state index is -0.277. The zero-order chi connectivity index (χ0) is 22.2. The van der Waals surface area contributed by atoms with E-state index < -0.39 is 0 Å². The second-order valence-corrected chi connectivity index (χ2v) is 7.56. The van der Waals surface area contributed by atoms with Gasteiger partial charge >= 0.3 is 0 Å². The maximum Gasteiger partial charge on any atom is 0.256 e. The van der Waals surface area contributed by atoms with Gasteiger partial charge in [0, 0.05) is 5.38 Å². The van der Waals surface area contributed by atoms with Gasteiger partial charge in [0.25, 0.3) is 11.8 Å². The molecular weight excluding hydrogens is 412 g/mol. The lowest BCUT2D eigenvalue weighted by molar-refractivity contribution is 0.0940. The molecule has 31 heavy (non-hydrogen) atoms. The first-order valence-corrected chi connectivity index (χ1v) is 11.1. The molecule has 0 radical (unpaired) electrons. The van der Waals surface area contributed by atoms with Crippen molar-refractivity contribution in [1.82, 2.24) is 5.32 Å². The third-order valence-electron chi connectivity index (χ3n) is 4.62. The zero-order valence-electron chi connectivity index (χ0n) is 17.8. The van der Waals surface area contributed by atoms with Crippen molar-refractivity contribution in [2.75, 3.05) is 18.5 Å². The van der Waals surface area contributed by atoms with E-state index in [1.807, 2.05) is 44.4 Å². The first-order valence-electron chi connectivity index (χ1n) is 10.2. The number of nitrogens with one attached hydrogen (secondary N) is 2. The summed E-state index contributed by atoms with van der Waals surface area (Å²) in [6.45, 7) is 6.78. The number of hydrogen-bond donors (Lipinski definition) is 2. The van der Waals surface area contributed by atoms with Gasteiger partial charge < -0.3 is 20.1 Å². The van der Waals surface area contributed by atoms with E-state index in [2.05, 4.69) is 10.6 Å². The number of carbonyl (C=O) groups is 2.